The molecule has 0 unspecified atom stereocenters. The Morgan fingerprint density at radius 1 is 1.07 bits per heavy atom. The molecular formula is C26H36N4. The summed E-state index contributed by atoms with van der Waals surface area (Å²) in [5.41, 5.74) is 7.45. The molecule has 2 atom stereocenters. The number of likely N-dealkylation sites (tertiary alicyclic amines) is 1. The average molecular weight is 405 g/mol. The fourth-order valence-electron chi connectivity index (χ4n) is 5.81. The SMILES string of the molecule is CN(C[C@H]1Cc2c(cccc2CN2CCCCC2)CN1)[C@H]1CCCc2cccnc21. The van der Waals surface area contributed by atoms with E-state index >= 15 is 0 Å². The Bertz CT molecular complexity index is 858. The van der Waals surface area contributed by atoms with Gasteiger partial charge in [-0.05, 0) is 87.0 Å². The van der Waals surface area contributed by atoms with Gasteiger partial charge in [0, 0.05) is 31.9 Å². The van der Waals surface area contributed by atoms with Crippen LogP contribution in [0.4, 0.5) is 0 Å². The van der Waals surface area contributed by atoms with E-state index in [1.165, 1.54) is 68.4 Å². The molecular weight excluding hydrogens is 368 g/mol. The van der Waals surface area contributed by atoms with Gasteiger partial charge in [0.1, 0.15) is 0 Å². The van der Waals surface area contributed by atoms with Gasteiger partial charge >= 0.3 is 0 Å². The Hall–Kier alpha value is -1.75. The van der Waals surface area contributed by atoms with E-state index in [0.717, 1.165) is 26.1 Å². The summed E-state index contributed by atoms with van der Waals surface area (Å²) in [4.78, 5) is 9.98. The Kier molecular flexibility index (Phi) is 6.17. The molecule has 2 aliphatic heterocycles. The third-order valence-electron chi connectivity index (χ3n) is 7.45. The molecule has 5 rings (SSSR count). The first-order valence-electron chi connectivity index (χ1n) is 12.0. The zero-order valence-corrected chi connectivity index (χ0v) is 18.4. The van der Waals surface area contributed by atoms with Crippen molar-refractivity contribution in [3.8, 4) is 0 Å². The fourth-order valence-corrected chi connectivity index (χ4v) is 5.81. The molecule has 160 valence electrons. The number of pyridine rings is 1. The van der Waals surface area contributed by atoms with E-state index in [1.54, 1.807) is 11.1 Å². The van der Waals surface area contributed by atoms with Crippen LogP contribution in [0.5, 0.6) is 0 Å². The smallest absolute Gasteiger partial charge is 0.0607 e. The number of hydrogen-bond donors (Lipinski definition) is 1. The summed E-state index contributed by atoms with van der Waals surface area (Å²) < 4.78 is 0. The van der Waals surface area contributed by atoms with Gasteiger partial charge in [0.05, 0.1) is 11.7 Å². The molecule has 3 heterocycles. The summed E-state index contributed by atoms with van der Waals surface area (Å²) in [5.74, 6) is 0. The second-order valence-corrected chi connectivity index (χ2v) is 9.57. The third kappa shape index (κ3) is 4.32. The van der Waals surface area contributed by atoms with E-state index < -0.39 is 0 Å². The molecule has 1 aromatic carbocycles. The van der Waals surface area contributed by atoms with Crippen molar-refractivity contribution in [3.05, 3.63) is 64.5 Å². The lowest BCUT2D eigenvalue weighted by molar-refractivity contribution is 0.190. The molecule has 30 heavy (non-hydrogen) atoms. The van der Waals surface area contributed by atoms with Gasteiger partial charge < -0.3 is 5.32 Å². The van der Waals surface area contributed by atoms with Crippen LogP contribution < -0.4 is 5.32 Å². The number of hydrogen-bond acceptors (Lipinski definition) is 4. The van der Waals surface area contributed by atoms with Gasteiger partial charge in [0.2, 0.25) is 0 Å². The number of aryl methyl sites for hydroxylation is 1. The molecule has 1 N–H and O–H groups in total. The van der Waals surface area contributed by atoms with Crippen LogP contribution >= 0.6 is 0 Å². The molecule has 1 aromatic heterocycles. The quantitative estimate of drug-likeness (QED) is 0.813. The summed E-state index contributed by atoms with van der Waals surface area (Å²) >= 11 is 0. The number of rotatable bonds is 5. The van der Waals surface area contributed by atoms with E-state index in [4.69, 9.17) is 4.98 Å². The highest BCUT2D eigenvalue weighted by molar-refractivity contribution is 5.38. The number of benzene rings is 1. The molecule has 0 saturated carbocycles. The molecule has 0 amide bonds. The third-order valence-corrected chi connectivity index (χ3v) is 7.45. The molecule has 1 saturated heterocycles. The van der Waals surface area contributed by atoms with Crippen LogP contribution in [-0.2, 0) is 25.9 Å². The second-order valence-electron chi connectivity index (χ2n) is 9.57. The summed E-state index contributed by atoms with van der Waals surface area (Å²) in [6.07, 6.45) is 10.9. The van der Waals surface area contributed by atoms with E-state index in [-0.39, 0.29) is 0 Å². The summed E-state index contributed by atoms with van der Waals surface area (Å²) in [6.45, 7) is 5.75. The Morgan fingerprint density at radius 2 is 1.93 bits per heavy atom. The van der Waals surface area contributed by atoms with E-state index in [9.17, 15) is 0 Å². The molecule has 3 aliphatic rings. The lowest BCUT2D eigenvalue weighted by Gasteiger charge is -2.37. The number of likely N-dealkylation sites (N-methyl/N-ethyl adjacent to an activating group) is 1. The van der Waals surface area contributed by atoms with Gasteiger partial charge in [-0.1, -0.05) is 30.7 Å². The molecule has 4 heteroatoms. The molecule has 4 nitrogen and oxygen atoms in total. The number of nitrogens with zero attached hydrogens (tertiary/aromatic N) is 3. The van der Waals surface area contributed by atoms with Gasteiger partial charge in [0.15, 0.2) is 0 Å². The maximum Gasteiger partial charge on any atom is 0.0607 e. The van der Waals surface area contributed by atoms with Crippen LogP contribution in [0.2, 0.25) is 0 Å². The normalized spacial score (nSPS) is 24.5. The highest BCUT2D eigenvalue weighted by Crippen LogP contribution is 2.32. The van der Waals surface area contributed by atoms with Crippen molar-refractivity contribution >= 4 is 0 Å². The van der Waals surface area contributed by atoms with Crippen molar-refractivity contribution in [2.75, 3.05) is 26.7 Å². The van der Waals surface area contributed by atoms with Crippen LogP contribution in [0.15, 0.2) is 36.5 Å². The van der Waals surface area contributed by atoms with Gasteiger partial charge in [-0.25, -0.2) is 0 Å². The first-order valence-corrected chi connectivity index (χ1v) is 12.0. The molecule has 1 aliphatic carbocycles. The Labute approximate surface area is 181 Å². The van der Waals surface area contributed by atoms with Crippen molar-refractivity contribution in [2.24, 2.45) is 0 Å². The highest BCUT2D eigenvalue weighted by atomic mass is 15.2. The Morgan fingerprint density at radius 3 is 2.83 bits per heavy atom. The standard InChI is InChI=1S/C26H36N4/c1-29(25-12-6-8-20-11-7-13-27-26(20)25)19-23-16-24-21(17-28-23)9-5-10-22(24)18-30-14-3-2-4-15-30/h5,7,9-11,13,23,25,28H,2-4,6,8,12,14-19H2,1H3/t23-,25+/m1/s1. The number of nitrogens with one attached hydrogen (secondary N) is 1. The molecule has 2 aromatic rings. The minimum atomic E-state index is 0.460. The lowest BCUT2D eigenvalue weighted by Crippen LogP contribution is -2.45. The molecule has 0 spiro atoms. The summed E-state index contributed by atoms with van der Waals surface area (Å²) in [5, 5.41) is 3.82. The predicted octanol–water partition coefficient (Wildman–Crippen LogP) is 4.09. The van der Waals surface area contributed by atoms with Crippen molar-refractivity contribution < 1.29 is 0 Å². The van der Waals surface area contributed by atoms with Crippen molar-refractivity contribution in [1.82, 2.24) is 20.1 Å². The van der Waals surface area contributed by atoms with E-state index in [2.05, 4.69) is 52.5 Å². The zero-order chi connectivity index (χ0) is 20.3. The fraction of sp³-hybridized carbons (Fsp3) is 0.577. The van der Waals surface area contributed by atoms with Gasteiger partial charge in [-0.3, -0.25) is 14.8 Å². The van der Waals surface area contributed by atoms with Crippen LogP contribution in [0.1, 0.15) is 66.1 Å². The topological polar surface area (TPSA) is 31.4 Å². The molecule has 0 radical (unpaired) electrons. The molecule has 1 fully saturated rings. The van der Waals surface area contributed by atoms with Gasteiger partial charge in [0.25, 0.3) is 0 Å². The lowest BCUT2D eigenvalue weighted by atomic mass is 9.89. The predicted molar refractivity (Wildman–Crippen MR) is 122 cm³/mol. The highest BCUT2D eigenvalue weighted by Gasteiger charge is 2.28. The van der Waals surface area contributed by atoms with E-state index in [0.29, 0.717) is 12.1 Å². The largest absolute Gasteiger partial charge is 0.308 e. The van der Waals surface area contributed by atoms with Crippen LogP contribution in [0, 0.1) is 0 Å². The van der Waals surface area contributed by atoms with Crippen LogP contribution in [0.25, 0.3) is 0 Å². The summed E-state index contributed by atoms with van der Waals surface area (Å²) in [6, 6.07) is 12.3. The second kappa shape index (κ2) is 9.17. The first kappa shape index (κ1) is 20.2. The maximum absolute atomic E-state index is 4.76. The first-order chi connectivity index (χ1) is 14.8. The van der Waals surface area contributed by atoms with Crippen molar-refractivity contribution in [1.29, 1.82) is 0 Å². The van der Waals surface area contributed by atoms with Crippen molar-refractivity contribution in [2.45, 2.75) is 70.1 Å². The zero-order valence-electron chi connectivity index (χ0n) is 18.4. The van der Waals surface area contributed by atoms with Crippen LogP contribution in [0.3, 0.4) is 0 Å². The van der Waals surface area contributed by atoms with Crippen molar-refractivity contribution in [3.63, 3.8) is 0 Å². The monoisotopic (exact) mass is 404 g/mol. The van der Waals surface area contributed by atoms with Gasteiger partial charge in [-0.15, -0.1) is 0 Å². The maximum atomic E-state index is 4.76. The number of piperidine rings is 1. The average Bonchev–Trinajstić information content (AvgIpc) is 2.80. The van der Waals surface area contributed by atoms with Crippen LogP contribution in [-0.4, -0.2) is 47.5 Å². The molecule has 0 bridgehead atoms. The number of aromatic nitrogens is 1. The minimum Gasteiger partial charge on any atom is -0.308 e. The van der Waals surface area contributed by atoms with E-state index in [1.807, 2.05) is 6.20 Å². The summed E-state index contributed by atoms with van der Waals surface area (Å²) in [7, 11) is 2.30. The number of fused-ring (bicyclic) bond motifs is 2. The Balaban J connectivity index is 1.28. The van der Waals surface area contributed by atoms with Gasteiger partial charge in [-0.2, -0.15) is 0 Å². The minimum absolute atomic E-state index is 0.460.